The number of halogens is 2. The van der Waals surface area contributed by atoms with E-state index in [1.807, 2.05) is 0 Å². The molecule has 0 bridgehead atoms. The molecule has 1 aromatic carbocycles. The monoisotopic (exact) mass is 373 g/mol. The van der Waals surface area contributed by atoms with Gasteiger partial charge in [-0.25, -0.2) is 0 Å². The molecule has 0 aliphatic carbocycles. The van der Waals surface area contributed by atoms with Crippen LogP contribution in [0.2, 0.25) is 0 Å². The van der Waals surface area contributed by atoms with Crippen LogP contribution in [0.25, 0.3) is 0 Å². The Morgan fingerprint density at radius 2 is 2.06 bits per heavy atom. The van der Waals surface area contributed by atoms with Crippen molar-refractivity contribution < 1.29 is 0 Å². The molecule has 3 heteroatoms. The van der Waals surface area contributed by atoms with E-state index in [1.165, 1.54) is 35.2 Å². The number of alkyl halides is 1. The summed E-state index contributed by atoms with van der Waals surface area (Å²) in [6, 6.07) is 6.70. The number of hydrogen-bond acceptors (Lipinski definition) is 1. The average molecular weight is 375 g/mol. The van der Waals surface area contributed by atoms with E-state index in [0.717, 1.165) is 11.2 Å². The van der Waals surface area contributed by atoms with Gasteiger partial charge in [-0.3, -0.25) is 0 Å². The highest BCUT2D eigenvalue weighted by Crippen LogP contribution is 2.36. The fourth-order valence-corrected chi connectivity index (χ4v) is 3.92. The normalized spacial score (nSPS) is 20.5. The lowest BCUT2D eigenvalue weighted by Gasteiger charge is -2.27. The quantitative estimate of drug-likeness (QED) is 0.641. The minimum atomic E-state index is 0.418. The van der Waals surface area contributed by atoms with E-state index in [4.69, 9.17) is 0 Å². The molecule has 1 aliphatic heterocycles. The van der Waals surface area contributed by atoms with Crippen molar-refractivity contribution in [2.45, 2.75) is 32.5 Å². The van der Waals surface area contributed by atoms with Crippen LogP contribution < -0.4 is 4.90 Å². The Balaban J connectivity index is 2.12. The first-order chi connectivity index (χ1) is 8.41. The van der Waals surface area contributed by atoms with Crippen LogP contribution in [0.1, 0.15) is 32.8 Å². The summed E-state index contributed by atoms with van der Waals surface area (Å²) in [5.41, 5.74) is 3.07. The molecule has 1 aromatic rings. The van der Waals surface area contributed by atoms with Crippen molar-refractivity contribution in [2.24, 2.45) is 11.3 Å². The highest BCUT2D eigenvalue weighted by molar-refractivity contribution is 9.10. The Kier molecular flexibility index (Phi) is 4.43. The molecule has 1 atom stereocenters. The van der Waals surface area contributed by atoms with Gasteiger partial charge in [-0.1, -0.05) is 58.7 Å². The van der Waals surface area contributed by atoms with Gasteiger partial charge >= 0.3 is 0 Å². The Morgan fingerprint density at radius 1 is 1.33 bits per heavy atom. The van der Waals surface area contributed by atoms with Crippen molar-refractivity contribution in [3.63, 3.8) is 0 Å². The smallest absolute Gasteiger partial charge is 0.0377 e. The first-order valence-electron chi connectivity index (χ1n) is 6.51. The highest BCUT2D eigenvalue weighted by Gasteiger charge is 2.31. The zero-order chi connectivity index (χ0) is 13.3. The van der Waals surface area contributed by atoms with Gasteiger partial charge in [0.1, 0.15) is 0 Å². The highest BCUT2D eigenvalue weighted by atomic mass is 79.9. The molecule has 0 saturated carbocycles. The third-order valence-corrected chi connectivity index (χ3v) is 5.30. The predicted molar refractivity (Wildman–Crippen MR) is 86.5 cm³/mol. The van der Waals surface area contributed by atoms with Crippen LogP contribution >= 0.6 is 31.9 Å². The summed E-state index contributed by atoms with van der Waals surface area (Å²) < 4.78 is 1.20. The summed E-state index contributed by atoms with van der Waals surface area (Å²) in [6.45, 7) is 9.42. The van der Waals surface area contributed by atoms with E-state index in [0.29, 0.717) is 5.41 Å². The van der Waals surface area contributed by atoms with Gasteiger partial charge in [-0.2, -0.15) is 0 Å². The summed E-state index contributed by atoms with van der Waals surface area (Å²) in [6.07, 6.45) is 1.31. The minimum Gasteiger partial charge on any atom is -0.371 e. The van der Waals surface area contributed by atoms with Crippen LogP contribution in [0.3, 0.4) is 0 Å². The van der Waals surface area contributed by atoms with E-state index in [1.54, 1.807) is 0 Å². The number of rotatable bonds is 2. The molecule has 18 heavy (non-hydrogen) atoms. The fraction of sp³-hybridized carbons (Fsp3) is 0.600. The molecular weight excluding hydrogens is 354 g/mol. The zero-order valence-corrected chi connectivity index (χ0v) is 14.5. The maximum absolute atomic E-state index is 3.65. The van der Waals surface area contributed by atoms with Crippen molar-refractivity contribution in [1.29, 1.82) is 0 Å². The SMILES string of the molecule is CC(C)(C)C1CCN(c2ccc(CBr)c(Br)c2)C1. The van der Waals surface area contributed by atoms with E-state index in [9.17, 15) is 0 Å². The third kappa shape index (κ3) is 3.11. The molecule has 0 spiro atoms. The van der Waals surface area contributed by atoms with E-state index < -0.39 is 0 Å². The minimum absolute atomic E-state index is 0.418. The van der Waals surface area contributed by atoms with Crippen molar-refractivity contribution in [1.82, 2.24) is 0 Å². The molecule has 1 nitrogen and oxygen atoms in total. The van der Waals surface area contributed by atoms with Crippen LogP contribution in [0.15, 0.2) is 22.7 Å². The molecule has 1 heterocycles. The second-order valence-corrected chi connectivity index (χ2v) is 7.62. The molecule has 0 aromatic heterocycles. The maximum atomic E-state index is 3.65. The van der Waals surface area contributed by atoms with Gasteiger partial charge in [-0.15, -0.1) is 0 Å². The van der Waals surface area contributed by atoms with Gasteiger partial charge < -0.3 is 4.90 Å². The second-order valence-electron chi connectivity index (χ2n) is 6.21. The van der Waals surface area contributed by atoms with E-state index in [2.05, 4.69) is 75.7 Å². The molecule has 100 valence electrons. The summed E-state index contributed by atoms with van der Waals surface area (Å²) in [4.78, 5) is 2.51. The van der Waals surface area contributed by atoms with Gasteiger partial charge in [-0.05, 0) is 35.4 Å². The first kappa shape index (κ1) is 14.4. The van der Waals surface area contributed by atoms with Gasteiger partial charge in [0.15, 0.2) is 0 Å². The summed E-state index contributed by atoms with van der Waals surface area (Å²) >= 11 is 7.16. The van der Waals surface area contributed by atoms with Crippen molar-refractivity contribution in [3.05, 3.63) is 28.2 Å². The first-order valence-corrected chi connectivity index (χ1v) is 8.42. The largest absolute Gasteiger partial charge is 0.371 e. The van der Waals surface area contributed by atoms with Gasteiger partial charge in [0, 0.05) is 28.6 Å². The van der Waals surface area contributed by atoms with Crippen LogP contribution in [-0.2, 0) is 5.33 Å². The topological polar surface area (TPSA) is 3.24 Å². The lowest BCUT2D eigenvalue weighted by atomic mass is 9.80. The van der Waals surface area contributed by atoms with Gasteiger partial charge in [0.2, 0.25) is 0 Å². The van der Waals surface area contributed by atoms with Crippen LogP contribution in [0.4, 0.5) is 5.69 Å². The molecule has 1 unspecified atom stereocenters. The molecule has 1 aliphatic rings. The summed E-state index contributed by atoms with van der Waals surface area (Å²) in [7, 11) is 0. The fourth-order valence-electron chi connectivity index (χ4n) is 2.54. The number of anilines is 1. The van der Waals surface area contributed by atoms with E-state index >= 15 is 0 Å². The van der Waals surface area contributed by atoms with Crippen molar-refractivity contribution >= 4 is 37.5 Å². The lowest BCUT2D eigenvalue weighted by molar-refractivity contribution is 0.263. The Hall–Kier alpha value is -0.0200. The predicted octanol–water partition coefficient (Wildman–Crippen LogP) is 5.22. The molecular formula is C15H21Br2N. The van der Waals surface area contributed by atoms with Crippen LogP contribution in [-0.4, -0.2) is 13.1 Å². The Morgan fingerprint density at radius 3 is 2.56 bits per heavy atom. The van der Waals surface area contributed by atoms with Gasteiger partial charge in [0.05, 0.1) is 0 Å². The van der Waals surface area contributed by atoms with Crippen molar-refractivity contribution in [3.8, 4) is 0 Å². The number of hydrogen-bond donors (Lipinski definition) is 0. The lowest BCUT2D eigenvalue weighted by Crippen LogP contribution is -2.25. The molecule has 0 radical (unpaired) electrons. The summed E-state index contributed by atoms with van der Waals surface area (Å²) in [5.74, 6) is 0.798. The molecule has 1 saturated heterocycles. The average Bonchev–Trinajstić information content (AvgIpc) is 2.77. The molecule has 0 amide bonds. The molecule has 0 N–H and O–H groups in total. The van der Waals surface area contributed by atoms with Crippen LogP contribution in [0, 0.1) is 11.3 Å². The second kappa shape index (κ2) is 5.54. The van der Waals surface area contributed by atoms with Crippen molar-refractivity contribution in [2.75, 3.05) is 18.0 Å². The third-order valence-electron chi connectivity index (χ3n) is 3.96. The molecule has 2 rings (SSSR count). The number of benzene rings is 1. The standard InChI is InChI=1S/C15H21Br2N/c1-15(2,3)12-6-7-18(10-12)13-5-4-11(9-16)14(17)8-13/h4-5,8,12H,6-7,9-10H2,1-3H3. The Labute approximate surface area is 127 Å². The summed E-state index contributed by atoms with van der Waals surface area (Å²) in [5, 5.41) is 0.901. The molecule has 1 fully saturated rings. The Bertz CT molecular complexity index is 423. The van der Waals surface area contributed by atoms with Crippen LogP contribution in [0.5, 0.6) is 0 Å². The van der Waals surface area contributed by atoms with Gasteiger partial charge in [0.25, 0.3) is 0 Å². The zero-order valence-electron chi connectivity index (χ0n) is 11.3. The maximum Gasteiger partial charge on any atom is 0.0377 e. The number of nitrogens with zero attached hydrogens (tertiary/aromatic N) is 1. The van der Waals surface area contributed by atoms with E-state index in [-0.39, 0.29) is 0 Å².